The fraction of sp³-hybridized carbons (Fsp3) is 0.611. The first-order chi connectivity index (χ1) is 11.4. The maximum Gasteiger partial charge on any atom is 0.208 e. The maximum absolute atomic E-state index is 5.70. The van der Waals surface area contributed by atoms with E-state index in [0.717, 1.165) is 67.4 Å². The average molecular weight is 329 g/mol. The molecule has 0 spiro atoms. The molecule has 2 aromatic heterocycles. The second-order valence-corrected chi connectivity index (χ2v) is 6.89. The van der Waals surface area contributed by atoms with Crippen molar-refractivity contribution in [3.8, 4) is 0 Å². The Hall–Kier alpha value is -1.95. The Bertz CT molecular complexity index is 682. The molecule has 6 heteroatoms. The van der Waals surface area contributed by atoms with Crippen molar-refractivity contribution in [3.63, 3.8) is 0 Å². The Balaban J connectivity index is 1.62. The molecule has 3 heterocycles. The molecular weight excluding hydrogens is 302 g/mol. The van der Waals surface area contributed by atoms with Gasteiger partial charge in [0.25, 0.3) is 0 Å². The molecule has 130 valence electrons. The minimum Gasteiger partial charge on any atom is -0.444 e. The highest BCUT2D eigenvalue weighted by Gasteiger charge is 2.21. The molecule has 6 nitrogen and oxygen atoms in total. The zero-order valence-corrected chi connectivity index (χ0v) is 15.3. The monoisotopic (exact) mass is 329 g/mol. The Morgan fingerprint density at radius 3 is 2.33 bits per heavy atom. The minimum absolute atomic E-state index is 0.349. The summed E-state index contributed by atoms with van der Waals surface area (Å²) in [5.74, 6) is 4.06. The fourth-order valence-corrected chi connectivity index (χ4v) is 2.93. The predicted octanol–water partition coefficient (Wildman–Crippen LogP) is 2.84. The van der Waals surface area contributed by atoms with E-state index in [4.69, 9.17) is 9.40 Å². The van der Waals surface area contributed by atoms with Gasteiger partial charge in [0.15, 0.2) is 0 Å². The number of rotatable bonds is 4. The molecular formula is C18H27N5O. The third-order valence-corrected chi connectivity index (χ3v) is 4.50. The van der Waals surface area contributed by atoms with Gasteiger partial charge < -0.3 is 9.32 Å². The summed E-state index contributed by atoms with van der Waals surface area (Å²) >= 11 is 0. The Labute approximate surface area is 143 Å². The van der Waals surface area contributed by atoms with Crippen LogP contribution < -0.4 is 4.90 Å². The third-order valence-electron chi connectivity index (χ3n) is 4.50. The molecule has 3 rings (SSSR count). The van der Waals surface area contributed by atoms with E-state index < -0.39 is 0 Å². The lowest BCUT2D eigenvalue weighted by Gasteiger charge is -2.35. The van der Waals surface area contributed by atoms with Crippen LogP contribution in [0, 0.1) is 20.8 Å². The first kappa shape index (κ1) is 16.9. The summed E-state index contributed by atoms with van der Waals surface area (Å²) in [7, 11) is 0. The van der Waals surface area contributed by atoms with Crippen molar-refractivity contribution in [1.82, 2.24) is 19.9 Å². The van der Waals surface area contributed by atoms with E-state index in [-0.39, 0.29) is 0 Å². The van der Waals surface area contributed by atoms with Crippen LogP contribution in [-0.2, 0) is 6.54 Å². The number of aromatic nitrogens is 3. The molecule has 0 atom stereocenters. The van der Waals surface area contributed by atoms with Crippen LogP contribution in [0.5, 0.6) is 0 Å². The van der Waals surface area contributed by atoms with Crippen molar-refractivity contribution in [2.45, 2.75) is 47.1 Å². The highest BCUT2D eigenvalue weighted by atomic mass is 16.4. The largest absolute Gasteiger partial charge is 0.444 e. The number of oxazole rings is 1. The highest BCUT2D eigenvalue weighted by molar-refractivity contribution is 5.40. The van der Waals surface area contributed by atoms with Gasteiger partial charge >= 0.3 is 0 Å². The zero-order valence-electron chi connectivity index (χ0n) is 15.3. The molecule has 1 saturated heterocycles. The van der Waals surface area contributed by atoms with E-state index >= 15 is 0 Å². The second kappa shape index (κ2) is 6.89. The molecule has 0 aliphatic carbocycles. The van der Waals surface area contributed by atoms with E-state index in [1.165, 1.54) is 0 Å². The molecule has 1 aliphatic rings. The quantitative estimate of drug-likeness (QED) is 0.860. The SMILES string of the molecule is Cc1cc(N2CCN(Cc3nc(C)c(C)o3)CC2)nc(C(C)C)n1. The number of hydrogen-bond acceptors (Lipinski definition) is 6. The van der Waals surface area contributed by atoms with Gasteiger partial charge in [-0.2, -0.15) is 0 Å². The second-order valence-electron chi connectivity index (χ2n) is 6.89. The standard InChI is InChI=1S/C18H27N5O/c1-12(2)18-19-13(3)10-16(21-18)23-8-6-22(7-9-23)11-17-20-14(4)15(5)24-17/h10,12H,6-9,11H2,1-5H3. The van der Waals surface area contributed by atoms with Crippen molar-refractivity contribution < 1.29 is 4.42 Å². The van der Waals surface area contributed by atoms with Crippen LogP contribution in [0.1, 0.15) is 48.6 Å². The molecule has 0 radical (unpaired) electrons. The van der Waals surface area contributed by atoms with Gasteiger partial charge in [0.1, 0.15) is 17.4 Å². The number of anilines is 1. The zero-order chi connectivity index (χ0) is 17.3. The summed E-state index contributed by atoms with van der Waals surface area (Å²) in [5, 5.41) is 0. The smallest absolute Gasteiger partial charge is 0.208 e. The molecule has 24 heavy (non-hydrogen) atoms. The van der Waals surface area contributed by atoms with Crippen molar-refractivity contribution >= 4 is 5.82 Å². The van der Waals surface area contributed by atoms with E-state index in [1.807, 2.05) is 20.8 Å². The topological polar surface area (TPSA) is 58.3 Å². The summed E-state index contributed by atoms with van der Waals surface area (Å²) in [6, 6.07) is 2.09. The highest BCUT2D eigenvalue weighted by Crippen LogP contribution is 2.19. The van der Waals surface area contributed by atoms with Gasteiger partial charge in [-0.1, -0.05) is 13.8 Å². The number of aryl methyl sites for hydroxylation is 3. The van der Waals surface area contributed by atoms with E-state index in [1.54, 1.807) is 0 Å². The molecule has 1 aliphatic heterocycles. The van der Waals surface area contributed by atoms with Gasteiger partial charge in [0.2, 0.25) is 5.89 Å². The van der Waals surface area contributed by atoms with Crippen molar-refractivity contribution in [2.75, 3.05) is 31.1 Å². The molecule has 1 fully saturated rings. The molecule has 0 bridgehead atoms. The normalized spacial score (nSPS) is 16.2. The number of piperazine rings is 1. The van der Waals surface area contributed by atoms with Crippen LogP contribution >= 0.6 is 0 Å². The lowest BCUT2D eigenvalue weighted by Crippen LogP contribution is -2.46. The van der Waals surface area contributed by atoms with Crippen LogP contribution in [-0.4, -0.2) is 46.0 Å². The summed E-state index contributed by atoms with van der Waals surface area (Å²) in [4.78, 5) is 18.5. The first-order valence-corrected chi connectivity index (χ1v) is 8.68. The van der Waals surface area contributed by atoms with Crippen molar-refractivity contribution in [3.05, 3.63) is 34.9 Å². The van der Waals surface area contributed by atoms with Gasteiger partial charge in [-0.05, 0) is 20.8 Å². The number of nitrogens with zero attached hydrogens (tertiary/aromatic N) is 5. The average Bonchev–Trinajstić information content (AvgIpc) is 2.85. The van der Waals surface area contributed by atoms with Gasteiger partial charge in [-0.15, -0.1) is 0 Å². The van der Waals surface area contributed by atoms with Crippen molar-refractivity contribution in [1.29, 1.82) is 0 Å². The maximum atomic E-state index is 5.70. The van der Waals surface area contributed by atoms with Crippen LogP contribution in [0.2, 0.25) is 0 Å². The van der Waals surface area contributed by atoms with Gasteiger partial charge in [-0.25, -0.2) is 15.0 Å². The van der Waals surface area contributed by atoms with Crippen molar-refractivity contribution in [2.24, 2.45) is 0 Å². The van der Waals surface area contributed by atoms with Crippen LogP contribution in [0.4, 0.5) is 5.82 Å². The molecule has 0 amide bonds. The lowest BCUT2D eigenvalue weighted by atomic mass is 10.2. The molecule has 0 N–H and O–H groups in total. The van der Waals surface area contributed by atoms with E-state index in [0.29, 0.717) is 5.92 Å². The fourth-order valence-electron chi connectivity index (χ4n) is 2.93. The third kappa shape index (κ3) is 3.75. The summed E-state index contributed by atoms with van der Waals surface area (Å²) < 4.78 is 5.70. The Morgan fingerprint density at radius 1 is 1.04 bits per heavy atom. The minimum atomic E-state index is 0.349. The van der Waals surface area contributed by atoms with Crippen LogP contribution in [0.15, 0.2) is 10.5 Å². The van der Waals surface area contributed by atoms with Gasteiger partial charge in [0, 0.05) is 43.9 Å². The summed E-state index contributed by atoms with van der Waals surface area (Å²) in [6.07, 6.45) is 0. The van der Waals surface area contributed by atoms with E-state index in [9.17, 15) is 0 Å². The lowest BCUT2D eigenvalue weighted by molar-refractivity contribution is 0.224. The van der Waals surface area contributed by atoms with E-state index in [2.05, 4.69) is 39.7 Å². The summed E-state index contributed by atoms with van der Waals surface area (Å²) in [5.41, 5.74) is 2.03. The van der Waals surface area contributed by atoms with Crippen LogP contribution in [0.3, 0.4) is 0 Å². The molecule has 0 aromatic carbocycles. The Kier molecular flexibility index (Phi) is 4.85. The molecule has 0 saturated carbocycles. The van der Waals surface area contributed by atoms with Crippen LogP contribution in [0.25, 0.3) is 0 Å². The Morgan fingerprint density at radius 2 is 1.75 bits per heavy atom. The predicted molar refractivity (Wildman–Crippen MR) is 94.3 cm³/mol. The molecule has 0 unspecified atom stereocenters. The molecule has 2 aromatic rings. The van der Waals surface area contributed by atoms with Gasteiger partial charge in [-0.3, -0.25) is 4.90 Å². The van der Waals surface area contributed by atoms with Gasteiger partial charge in [0.05, 0.1) is 12.2 Å². The first-order valence-electron chi connectivity index (χ1n) is 8.68. The number of hydrogen-bond donors (Lipinski definition) is 0. The summed E-state index contributed by atoms with van der Waals surface area (Å²) in [6.45, 7) is 15.0.